The molecule has 0 saturated carbocycles. The molecule has 0 radical (unpaired) electrons. The van der Waals surface area contributed by atoms with Crippen LogP contribution in [0.2, 0.25) is 0 Å². The first-order valence-electron chi connectivity index (χ1n) is 9.67. The number of hydrogen-bond donors (Lipinski definition) is 2. The summed E-state index contributed by atoms with van der Waals surface area (Å²) in [4.78, 5) is 40.5. The second-order valence-electron chi connectivity index (χ2n) is 6.89. The maximum atomic E-state index is 12.6. The van der Waals surface area contributed by atoms with Gasteiger partial charge in [-0.05, 0) is 45.1 Å². The summed E-state index contributed by atoms with van der Waals surface area (Å²) in [5.41, 5.74) is 1.93. The zero-order valence-electron chi connectivity index (χ0n) is 16.6. The largest absolute Gasteiger partial charge is 0.462 e. The monoisotopic (exact) mass is 447 g/mol. The number of rotatable bonds is 6. The van der Waals surface area contributed by atoms with Crippen LogP contribution in [0.15, 0.2) is 16.0 Å². The van der Waals surface area contributed by atoms with Gasteiger partial charge in [0.25, 0.3) is 5.56 Å². The Morgan fingerprint density at radius 1 is 1.33 bits per heavy atom. The van der Waals surface area contributed by atoms with Crippen molar-refractivity contribution in [2.45, 2.75) is 44.7 Å². The van der Waals surface area contributed by atoms with Gasteiger partial charge in [0.1, 0.15) is 5.00 Å². The third-order valence-corrected chi connectivity index (χ3v) is 6.93. The zero-order valence-corrected chi connectivity index (χ0v) is 18.2. The molecule has 9 nitrogen and oxygen atoms in total. The smallest absolute Gasteiger partial charge is 0.341 e. The summed E-state index contributed by atoms with van der Waals surface area (Å²) in [5, 5.41) is 11.9. The molecule has 2 N–H and O–H groups in total. The topological polar surface area (TPSA) is 118 Å². The molecule has 11 heteroatoms. The molecular weight excluding hydrogens is 426 g/mol. The maximum Gasteiger partial charge on any atom is 0.341 e. The predicted octanol–water partition coefficient (Wildman–Crippen LogP) is 2.57. The van der Waals surface area contributed by atoms with Crippen molar-refractivity contribution in [1.29, 1.82) is 0 Å². The van der Waals surface area contributed by atoms with Crippen LogP contribution in [0.25, 0.3) is 5.78 Å². The lowest BCUT2D eigenvalue weighted by Gasteiger charge is -2.12. The fraction of sp³-hybridized carbons (Fsp3) is 0.421. The van der Waals surface area contributed by atoms with Gasteiger partial charge in [-0.3, -0.25) is 19.0 Å². The van der Waals surface area contributed by atoms with Gasteiger partial charge in [-0.15, -0.1) is 21.5 Å². The Morgan fingerprint density at radius 3 is 2.93 bits per heavy atom. The van der Waals surface area contributed by atoms with E-state index in [-0.39, 0.29) is 29.8 Å². The van der Waals surface area contributed by atoms with Crippen LogP contribution in [0.5, 0.6) is 0 Å². The number of ether oxygens (including phenoxy) is 1. The van der Waals surface area contributed by atoms with Gasteiger partial charge in [0.2, 0.25) is 11.7 Å². The number of fused-ring (bicyclic) bond motifs is 2. The van der Waals surface area contributed by atoms with Crippen molar-refractivity contribution in [1.82, 2.24) is 19.6 Å². The van der Waals surface area contributed by atoms with Crippen LogP contribution >= 0.6 is 23.1 Å². The number of aryl methyl sites for hydroxylation is 2. The summed E-state index contributed by atoms with van der Waals surface area (Å²) >= 11 is 2.67. The Kier molecular flexibility index (Phi) is 5.91. The second-order valence-corrected chi connectivity index (χ2v) is 8.94. The first-order valence-corrected chi connectivity index (χ1v) is 11.5. The van der Waals surface area contributed by atoms with Crippen LogP contribution in [0.4, 0.5) is 5.00 Å². The molecule has 0 saturated heterocycles. The molecule has 3 aromatic rings. The summed E-state index contributed by atoms with van der Waals surface area (Å²) in [6, 6.07) is 1.45. The highest BCUT2D eigenvalue weighted by Gasteiger charge is 2.27. The van der Waals surface area contributed by atoms with Crippen molar-refractivity contribution < 1.29 is 14.3 Å². The molecule has 1 aliphatic carbocycles. The van der Waals surface area contributed by atoms with Gasteiger partial charge in [-0.1, -0.05) is 11.8 Å². The van der Waals surface area contributed by atoms with Gasteiger partial charge >= 0.3 is 5.97 Å². The quantitative estimate of drug-likeness (QED) is 0.440. The molecule has 4 rings (SSSR count). The highest BCUT2D eigenvalue weighted by molar-refractivity contribution is 7.99. The van der Waals surface area contributed by atoms with E-state index in [9.17, 15) is 14.4 Å². The molecule has 0 atom stereocenters. The highest BCUT2D eigenvalue weighted by atomic mass is 32.2. The molecule has 158 valence electrons. The third-order valence-electron chi connectivity index (χ3n) is 4.80. The van der Waals surface area contributed by atoms with Crippen LogP contribution in [0.1, 0.15) is 46.3 Å². The Morgan fingerprint density at radius 2 is 2.13 bits per heavy atom. The van der Waals surface area contributed by atoms with Crippen molar-refractivity contribution in [3.8, 4) is 0 Å². The highest BCUT2D eigenvalue weighted by Crippen LogP contribution is 2.38. The standard InChI is InChI=1S/C19H21N5O4S2/c1-3-28-17(27)15-11-6-4-5-7-12(11)30-16(15)20-14(26)9-29-19-23-22-18-21-13(25)8-10(2)24(18)19/h8H,3-7,9H2,1-2H3,(H,20,26)(H,21,22,25). The van der Waals surface area contributed by atoms with E-state index in [1.165, 1.54) is 29.2 Å². The van der Waals surface area contributed by atoms with Crippen LogP contribution in [-0.4, -0.2) is 43.8 Å². The molecule has 1 aliphatic rings. The van der Waals surface area contributed by atoms with Crippen molar-refractivity contribution >= 4 is 45.8 Å². The number of aromatic nitrogens is 4. The number of carbonyl (C=O) groups is 2. The van der Waals surface area contributed by atoms with Crippen LogP contribution in [0.3, 0.4) is 0 Å². The summed E-state index contributed by atoms with van der Waals surface area (Å²) in [7, 11) is 0. The minimum atomic E-state index is -0.386. The van der Waals surface area contributed by atoms with Gasteiger partial charge in [0.15, 0.2) is 5.16 Å². The first kappa shape index (κ1) is 20.6. The number of hydrogen-bond acceptors (Lipinski definition) is 8. The lowest BCUT2D eigenvalue weighted by molar-refractivity contribution is -0.113. The van der Waals surface area contributed by atoms with Crippen LogP contribution in [0, 0.1) is 6.92 Å². The lowest BCUT2D eigenvalue weighted by atomic mass is 9.95. The Balaban J connectivity index is 1.52. The minimum absolute atomic E-state index is 0.0875. The van der Waals surface area contributed by atoms with Crippen LogP contribution < -0.4 is 10.9 Å². The SMILES string of the molecule is CCOC(=O)c1c(NC(=O)CSc2nnc3[nH]c(=O)cc(C)n23)sc2c1CCCC2. The van der Waals surface area contributed by atoms with Crippen molar-refractivity contribution in [2.24, 2.45) is 0 Å². The molecule has 0 unspecified atom stereocenters. The molecule has 3 aromatic heterocycles. The van der Waals surface area contributed by atoms with E-state index in [1.807, 2.05) is 0 Å². The zero-order chi connectivity index (χ0) is 21.3. The predicted molar refractivity (Wildman–Crippen MR) is 115 cm³/mol. The molecule has 0 bridgehead atoms. The molecular formula is C19H21N5O4S2. The number of thioether (sulfide) groups is 1. The number of carbonyl (C=O) groups excluding carboxylic acids is 2. The fourth-order valence-electron chi connectivity index (χ4n) is 3.53. The fourth-order valence-corrected chi connectivity index (χ4v) is 5.61. The molecule has 3 heterocycles. The van der Waals surface area contributed by atoms with Gasteiger partial charge in [0, 0.05) is 16.6 Å². The maximum absolute atomic E-state index is 12.6. The van der Waals surface area contributed by atoms with E-state index in [0.717, 1.165) is 36.1 Å². The van der Waals surface area contributed by atoms with E-state index in [1.54, 1.807) is 18.2 Å². The van der Waals surface area contributed by atoms with Crippen LogP contribution in [-0.2, 0) is 22.4 Å². The number of amides is 1. The van der Waals surface area contributed by atoms with E-state index in [4.69, 9.17) is 4.74 Å². The normalized spacial score (nSPS) is 13.3. The van der Waals surface area contributed by atoms with E-state index < -0.39 is 0 Å². The number of anilines is 1. The number of aromatic amines is 1. The van der Waals surface area contributed by atoms with Gasteiger partial charge in [-0.2, -0.15) is 0 Å². The molecule has 0 fully saturated rings. The molecule has 30 heavy (non-hydrogen) atoms. The van der Waals surface area contributed by atoms with E-state index in [0.29, 0.717) is 27.2 Å². The van der Waals surface area contributed by atoms with Gasteiger partial charge in [-0.25, -0.2) is 4.79 Å². The number of esters is 1. The average Bonchev–Trinajstić information content (AvgIpc) is 3.27. The minimum Gasteiger partial charge on any atom is -0.462 e. The van der Waals surface area contributed by atoms with Crippen molar-refractivity contribution in [2.75, 3.05) is 17.7 Å². The number of nitrogens with one attached hydrogen (secondary N) is 2. The molecule has 1 amide bonds. The first-order chi connectivity index (χ1) is 14.5. The van der Waals surface area contributed by atoms with E-state index >= 15 is 0 Å². The third kappa shape index (κ3) is 3.99. The number of nitrogens with zero attached hydrogens (tertiary/aromatic N) is 3. The Hall–Kier alpha value is -2.66. The number of H-pyrrole nitrogens is 1. The van der Waals surface area contributed by atoms with Crippen molar-refractivity contribution in [3.63, 3.8) is 0 Å². The summed E-state index contributed by atoms with van der Waals surface area (Å²) < 4.78 is 6.91. The second kappa shape index (κ2) is 8.60. The molecule has 0 aromatic carbocycles. The van der Waals surface area contributed by atoms with Gasteiger partial charge < -0.3 is 10.1 Å². The van der Waals surface area contributed by atoms with E-state index in [2.05, 4.69) is 20.5 Å². The Labute approximate surface area is 180 Å². The van der Waals surface area contributed by atoms with Gasteiger partial charge in [0.05, 0.1) is 17.9 Å². The summed E-state index contributed by atoms with van der Waals surface area (Å²) in [6.45, 7) is 3.83. The molecule has 0 aliphatic heterocycles. The van der Waals surface area contributed by atoms with Crippen molar-refractivity contribution in [3.05, 3.63) is 38.1 Å². The summed E-state index contributed by atoms with van der Waals surface area (Å²) in [6.07, 6.45) is 3.86. The average molecular weight is 448 g/mol. The lowest BCUT2D eigenvalue weighted by Crippen LogP contribution is -2.17. The number of thiophene rings is 1. The Bertz CT molecular complexity index is 1180. The molecule has 0 spiro atoms. The summed E-state index contributed by atoms with van der Waals surface area (Å²) in [5.74, 6) is -0.214.